The number of hydrogen-bond acceptors (Lipinski definition) is 4. The summed E-state index contributed by atoms with van der Waals surface area (Å²) in [6, 6.07) is 11.3. The number of halogens is 3. The zero-order chi connectivity index (χ0) is 22.1. The zero-order valence-electron chi connectivity index (χ0n) is 16.6. The van der Waals surface area contributed by atoms with Crippen molar-refractivity contribution in [3.05, 3.63) is 63.9 Å². The fourth-order valence-corrected chi connectivity index (χ4v) is 4.65. The van der Waals surface area contributed by atoms with Crippen LogP contribution in [0.5, 0.6) is 5.75 Å². The highest BCUT2D eigenvalue weighted by Gasteiger charge is 2.69. The van der Waals surface area contributed by atoms with E-state index in [1.54, 1.807) is 12.1 Å². The smallest absolute Gasteiger partial charge is 0.258 e. The van der Waals surface area contributed by atoms with E-state index >= 15 is 0 Å². The first-order valence-corrected chi connectivity index (χ1v) is 10.5. The van der Waals surface area contributed by atoms with Gasteiger partial charge in [0, 0.05) is 22.2 Å². The van der Waals surface area contributed by atoms with Crippen LogP contribution in [0.15, 0.2) is 42.5 Å². The first-order chi connectivity index (χ1) is 14.8. The molecule has 164 valence electrons. The van der Waals surface area contributed by atoms with E-state index in [0.29, 0.717) is 30.9 Å². The fourth-order valence-electron chi connectivity index (χ4n) is 4.32. The molecular weight excluding hydrogens is 446 g/mol. The lowest BCUT2D eigenvalue weighted by Gasteiger charge is -2.70. The van der Waals surface area contributed by atoms with Gasteiger partial charge >= 0.3 is 0 Å². The van der Waals surface area contributed by atoms with E-state index in [1.807, 2.05) is 12.1 Å². The molecule has 3 saturated carbocycles. The number of hydrogen-bond donors (Lipinski definition) is 2. The second kappa shape index (κ2) is 8.65. The van der Waals surface area contributed by atoms with Crippen LogP contribution in [0.1, 0.15) is 24.8 Å². The quantitative estimate of drug-likeness (QED) is 0.591. The number of amides is 2. The number of nitrogens with one attached hydrogen (secondary N) is 2. The SMILES string of the molecule is O=C(COCc1cccc(Cl)c1)NC12CC(NC(=O)COc3ccc(Cl)c(F)c3)(C1)C2. The average molecular weight is 467 g/mol. The van der Waals surface area contributed by atoms with Gasteiger partial charge in [-0.3, -0.25) is 9.59 Å². The van der Waals surface area contributed by atoms with Gasteiger partial charge in [0.1, 0.15) is 18.2 Å². The van der Waals surface area contributed by atoms with Crippen molar-refractivity contribution < 1.29 is 23.5 Å². The maximum atomic E-state index is 13.4. The third-order valence-electron chi connectivity index (χ3n) is 5.49. The Morgan fingerprint density at radius 2 is 1.65 bits per heavy atom. The molecule has 3 fully saturated rings. The lowest BCUT2D eigenvalue weighted by atomic mass is 9.44. The van der Waals surface area contributed by atoms with Crippen LogP contribution in [0.2, 0.25) is 10.0 Å². The highest BCUT2D eigenvalue weighted by Crippen LogP contribution is 2.60. The predicted molar refractivity (Wildman–Crippen MR) is 114 cm³/mol. The molecular formula is C22H21Cl2FN2O4. The molecule has 0 unspecified atom stereocenters. The van der Waals surface area contributed by atoms with Crippen molar-refractivity contribution in [1.82, 2.24) is 10.6 Å². The lowest BCUT2D eigenvalue weighted by Crippen LogP contribution is -2.84. The number of ether oxygens (including phenoxy) is 2. The molecule has 31 heavy (non-hydrogen) atoms. The molecule has 0 radical (unpaired) electrons. The molecule has 0 saturated heterocycles. The van der Waals surface area contributed by atoms with Gasteiger partial charge in [0.15, 0.2) is 6.61 Å². The molecule has 0 aliphatic heterocycles. The van der Waals surface area contributed by atoms with E-state index in [2.05, 4.69) is 10.6 Å². The van der Waals surface area contributed by atoms with E-state index in [0.717, 1.165) is 11.6 Å². The molecule has 0 spiro atoms. The second-order valence-corrected chi connectivity index (χ2v) is 9.02. The van der Waals surface area contributed by atoms with Crippen molar-refractivity contribution in [2.24, 2.45) is 0 Å². The summed E-state index contributed by atoms with van der Waals surface area (Å²) in [6.07, 6.45) is 2.00. The Kier molecular flexibility index (Phi) is 6.10. The molecule has 2 N–H and O–H groups in total. The lowest BCUT2D eigenvalue weighted by molar-refractivity contribution is -0.152. The molecule has 0 atom stereocenters. The topological polar surface area (TPSA) is 76.7 Å². The molecule has 3 aliphatic carbocycles. The van der Waals surface area contributed by atoms with Crippen molar-refractivity contribution in [2.75, 3.05) is 13.2 Å². The number of benzene rings is 2. The zero-order valence-corrected chi connectivity index (χ0v) is 18.1. The molecule has 2 bridgehead atoms. The summed E-state index contributed by atoms with van der Waals surface area (Å²) < 4.78 is 24.2. The molecule has 0 heterocycles. The van der Waals surface area contributed by atoms with Crippen molar-refractivity contribution >= 4 is 35.0 Å². The first kappa shape index (κ1) is 21.9. The van der Waals surface area contributed by atoms with E-state index in [-0.39, 0.29) is 46.9 Å². The Bertz CT molecular complexity index is 997. The van der Waals surface area contributed by atoms with Crippen LogP contribution in [-0.2, 0) is 20.9 Å². The minimum atomic E-state index is -0.603. The van der Waals surface area contributed by atoms with Crippen LogP contribution in [0.4, 0.5) is 4.39 Å². The maximum Gasteiger partial charge on any atom is 0.258 e. The van der Waals surface area contributed by atoms with Crippen LogP contribution in [0.3, 0.4) is 0 Å². The normalized spacial score (nSPS) is 23.3. The number of carbonyl (C=O) groups is 2. The van der Waals surface area contributed by atoms with Crippen LogP contribution in [-0.4, -0.2) is 36.1 Å². The van der Waals surface area contributed by atoms with Gasteiger partial charge in [0.05, 0.1) is 11.6 Å². The molecule has 2 amide bonds. The maximum absolute atomic E-state index is 13.4. The summed E-state index contributed by atoms with van der Waals surface area (Å²) in [5.74, 6) is -0.848. The van der Waals surface area contributed by atoms with Crippen LogP contribution in [0.25, 0.3) is 0 Å². The third-order valence-corrected chi connectivity index (χ3v) is 6.03. The fraction of sp³-hybridized carbons (Fsp3) is 0.364. The summed E-state index contributed by atoms with van der Waals surface area (Å²) in [5, 5.41) is 6.56. The van der Waals surface area contributed by atoms with E-state index in [9.17, 15) is 14.0 Å². The van der Waals surface area contributed by atoms with Crippen LogP contribution >= 0.6 is 23.2 Å². The summed E-state index contributed by atoms with van der Waals surface area (Å²) in [7, 11) is 0. The first-order valence-electron chi connectivity index (χ1n) is 9.79. The molecule has 0 aromatic heterocycles. The Hall–Kier alpha value is -2.35. The van der Waals surface area contributed by atoms with E-state index in [4.69, 9.17) is 32.7 Å². The largest absolute Gasteiger partial charge is 0.484 e. The second-order valence-electron chi connectivity index (χ2n) is 8.17. The Balaban J connectivity index is 1.14. The minimum absolute atomic E-state index is 0.00660. The summed E-state index contributed by atoms with van der Waals surface area (Å²) >= 11 is 11.5. The van der Waals surface area contributed by atoms with Crippen molar-refractivity contribution in [3.8, 4) is 5.75 Å². The Labute approximate surface area is 189 Å². The van der Waals surface area contributed by atoms with E-state index < -0.39 is 5.82 Å². The molecule has 2 aromatic rings. The molecule has 6 nitrogen and oxygen atoms in total. The highest BCUT2D eigenvalue weighted by molar-refractivity contribution is 6.31. The van der Waals surface area contributed by atoms with E-state index in [1.165, 1.54) is 12.1 Å². The molecule has 2 aromatic carbocycles. The van der Waals surface area contributed by atoms with Gasteiger partial charge in [-0.2, -0.15) is 0 Å². The van der Waals surface area contributed by atoms with Crippen molar-refractivity contribution in [2.45, 2.75) is 36.9 Å². The van der Waals surface area contributed by atoms with Crippen molar-refractivity contribution in [1.29, 1.82) is 0 Å². The third kappa shape index (κ3) is 5.11. The van der Waals surface area contributed by atoms with Gasteiger partial charge in [0.2, 0.25) is 5.91 Å². The standard InChI is InChI=1S/C22H21Cl2FN2O4/c23-15-3-1-2-14(6-15)8-30-9-19(28)26-21-11-22(12-21,13-21)27-20(29)10-31-16-4-5-17(24)18(25)7-16/h1-7H,8-13H2,(H,26,28)(H,27,29). The summed E-state index contributed by atoms with van der Waals surface area (Å²) in [5.41, 5.74) is 0.320. The Morgan fingerprint density at radius 1 is 0.968 bits per heavy atom. The van der Waals surface area contributed by atoms with Gasteiger partial charge < -0.3 is 20.1 Å². The van der Waals surface area contributed by atoms with Gasteiger partial charge in [-0.1, -0.05) is 35.3 Å². The summed E-state index contributed by atoms with van der Waals surface area (Å²) in [6.45, 7) is 0.0388. The van der Waals surface area contributed by atoms with Gasteiger partial charge in [-0.15, -0.1) is 0 Å². The number of carbonyl (C=O) groups excluding carboxylic acids is 2. The minimum Gasteiger partial charge on any atom is -0.484 e. The average Bonchev–Trinajstić information content (AvgIpc) is 2.66. The predicted octanol–water partition coefficient (Wildman–Crippen LogP) is 3.64. The highest BCUT2D eigenvalue weighted by atomic mass is 35.5. The number of rotatable bonds is 9. The van der Waals surface area contributed by atoms with Gasteiger partial charge in [-0.25, -0.2) is 4.39 Å². The van der Waals surface area contributed by atoms with Gasteiger partial charge in [-0.05, 0) is 49.1 Å². The monoisotopic (exact) mass is 466 g/mol. The van der Waals surface area contributed by atoms with Crippen LogP contribution < -0.4 is 15.4 Å². The van der Waals surface area contributed by atoms with Crippen molar-refractivity contribution in [3.63, 3.8) is 0 Å². The summed E-state index contributed by atoms with van der Waals surface area (Å²) in [4.78, 5) is 24.3. The molecule has 5 rings (SSSR count). The molecule has 3 aliphatic rings. The van der Waals surface area contributed by atoms with Crippen LogP contribution in [0, 0.1) is 5.82 Å². The Morgan fingerprint density at radius 3 is 2.29 bits per heavy atom. The molecule has 9 heteroatoms. The van der Waals surface area contributed by atoms with Gasteiger partial charge in [0.25, 0.3) is 5.91 Å².